The van der Waals surface area contributed by atoms with Crippen LogP contribution in [0.1, 0.15) is 16.2 Å². The lowest BCUT2D eigenvalue weighted by molar-refractivity contribution is 0.0961. The van der Waals surface area contributed by atoms with Gasteiger partial charge in [-0.3, -0.25) is 14.4 Å². The lowest BCUT2D eigenvalue weighted by Gasteiger charge is -2.26. The second kappa shape index (κ2) is 3.90. The van der Waals surface area contributed by atoms with E-state index in [1.54, 1.807) is 10.7 Å². The van der Waals surface area contributed by atoms with Crippen molar-refractivity contribution < 1.29 is 9.18 Å². The summed E-state index contributed by atoms with van der Waals surface area (Å²) in [7, 11) is 0. The van der Waals surface area contributed by atoms with Gasteiger partial charge in [0.15, 0.2) is 0 Å². The van der Waals surface area contributed by atoms with Gasteiger partial charge >= 0.3 is 0 Å². The van der Waals surface area contributed by atoms with Gasteiger partial charge in [-0.15, -0.1) is 0 Å². The van der Waals surface area contributed by atoms with Crippen LogP contribution in [-0.2, 0) is 6.54 Å². The van der Waals surface area contributed by atoms with E-state index in [9.17, 15) is 9.18 Å². The quantitative estimate of drug-likeness (QED) is 0.764. The predicted molar refractivity (Wildman–Crippen MR) is 62.8 cm³/mol. The number of hydrogen-bond acceptors (Lipinski definition) is 3. The largest absolute Gasteiger partial charge is 0.289 e. The third-order valence-electron chi connectivity index (χ3n) is 2.89. The first-order valence-corrected chi connectivity index (χ1v) is 5.63. The van der Waals surface area contributed by atoms with Gasteiger partial charge in [0.25, 0.3) is 5.91 Å². The summed E-state index contributed by atoms with van der Waals surface area (Å²) in [5, 5.41) is 4.23. The molecule has 1 amide bonds. The van der Waals surface area contributed by atoms with Crippen molar-refractivity contribution in [3.05, 3.63) is 41.6 Å². The minimum atomic E-state index is -0.413. The normalized spacial score (nSPS) is 14.8. The molecule has 0 spiro atoms. The SMILES string of the molecule is Cc1cc2n(n1)CCN(c1ccc(F)cn1)C2=O. The highest BCUT2D eigenvalue weighted by molar-refractivity contribution is 6.05. The fraction of sp³-hybridized carbons (Fsp3) is 0.250. The van der Waals surface area contributed by atoms with Crippen LogP contribution in [0.3, 0.4) is 0 Å². The van der Waals surface area contributed by atoms with Crippen molar-refractivity contribution in [3.63, 3.8) is 0 Å². The molecule has 1 aliphatic heterocycles. The minimum absolute atomic E-state index is 0.152. The maximum Gasteiger partial charge on any atom is 0.277 e. The molecule has 0 saturated carbocycles. The van der Waals surface area contributed by atoms with E-state index in [1.165, 1.54) is 17.0 Å². The molecule has 0 aliphatic carbocycles. The molecule has 6 heteroatoms. The van der Waals surface area contributed by atoms with Crippen molar-refractivity contribution in [1.82, 2.24) is 14.8 Å². The number of pyridine rings is 1. The molecule has 5 nitrogen and oxygen atoms in total. The molecule has 0 atom stereocenters. The Labute approximate surface area is 103 Å². The van der Waals surface area contributed by atoms with Crippen LogP contribution < -0.4 is 4.90 Å². The molecule has 0 radical (unpaired) electrons. The highest BCUT2D eigenvalue weighted by Crippen LogP contribution is 2.19. The van der Waals surface area contributed by atoms with Gasteiger partial charge in [-0.25, -0.2) is 9.37 Å². The number of aryl methyl sites for hydroxylation is 1. The van der Waals surface area contributed by atoms with Crippen molar-refractivity contribution in [2.45, 2.75) is 13.5 Å². The average Bonchev–Trinajstić information content (AvgIpc) is 2.73. The number of halogens is 1. The van der Waals surface area contributed by atoms with Crippen LogP contribution in [0, 0.1) is 12.7 Å². The summed E-state index contributed by atoms with van der Waals surface area (Å²) in [5.74, 6) is -0.100. The molecule has 0 N–H and O–H groups in total. The molecule has 0 fully saturated rings. The van der Waals surface area contributed by atoms with Crippen LogP contribution in [0.5, 0.6) is 0 Å². The third kappa shape index (κ3) is 1.66. The van der Waals surface area contributed by atoms with Gasteiger partial charge in [0.2, 0.25) is 0 Å². The van der Waals surface area contributed by atoms with E-state index in [4.69, 9.17) is 0 Å². The molecule has 3 rings (SSSR count). The Morgan fingerprint density at radius 1 is 1.33 bits per heavy atom. The number of rotatable bonds is 1. The Bertz CT molecular complexity index is 605. The standard InChI is InChI=1S/C12H11FN4O/c1-8-6-10-12(18)16(4-5-17(10)15-8)11-3-2-9(13)7-14-11/h2-3,6-7H,4-5H2,1H3. The predicted octanol–water partition coefficient (Wildman–Crippen LogP) is 1.39. The highest BCUT2D eigenvalue weighted by Gasteiger charge is 2.27. The molecule has 18 heavy (non-hydrogen) atoms. The second-order valence-corrected chi connectivity index (χ2v) is 4.19. The molecule has 1 aliphatic rings. The Hall–Kier alpha value is -2.24. The zero-order valence-electron chi connectivity index (χ0n) is 9.80. The monoisotopic (exact) mass is 246 g/mol. The zero-order chi connectivity index (χ0) is 12.7. The average molecular weight is 246 g/mol. The van der Waals surface area contributed by atoms with Gasteiger partial charge in [-0.05, 0) is 25.1 Å². The summed E-state index contributed by atoms with van der Waals surface area (Å²) >= 11 is 0. The van der Waals surface area contributed by atoms with Crippen molar-refractivity contribution in [3.8, 4) is 0 Å². The first-order chi connectivity index (χ1) is 8.65. The smallest absolute Gasteiger partial charge is 0.277 e. The van der Waals surface area contributed by atoms with Crippen molar-refractivity contribution in [1.29, 1.82) is 0 Å². The zero-order valence-corrected chi connectivity index (χ0v) is 9.80. The summed E-state index contributed by atoms with van der Waals surface area (Å²) < 4.78 is 14.5. The molecule has 3 heterocycles. The number of carbonyl (C=O) groups excluding carboxylic acids is 1. The Morgan fingerprint density at radius 3 is 2.89 bits per heavy atom. The van der Waals surface area contributed by atoms with Gasteiger partial charge in [0.05, 0.1) is 18.4 Å². The summed E-state index contributed by atoms with van der Waals surface area (Å²) in [6, 6.07) is 4.55. The first kappa shape index (κ1) is 10.9. The number of fused-ring (bicyclic) bond motifs is 1. The number of aromatic nitrogens is 3. The minimum Gasteiger partial charge on any atom is -0.289 e. The second-order valence-electron chi connectivity index (χ2n) is 4.19. The maximum atomic E-state index is 12.8. The topological polar surface area (TPSA) is 51.0 Å². The van der Waals surface area contributed by atoms with Crippen LogP contribution in [0.4, 0.5) is 10.2 Å². The van der Waals surface area contributed by atoms with Gasteiger partial charge in [0, 0.05) is 6.54 Å². The van der Waals surface area contributed by atoms with Crippen molar-refractivity contribution in [2.75, 3.05) is 11.4 Å². The van der Waals surface area contributed by atoms with E-state index in [-0.39, 0.29) is 5.91 Å². The third-order valence-corrected chi connectivity index (χ3v) is 2.89. The molecule has 0 aromatic carbocycles. The van der Waals surface area contributed by atoms with Crippen LogP contribution in [0.2, 0.25) is 0 Å². The van der Waals surface area contributed by atoms with Gasteiger partial charge in [0.1, 0.15) is 17.3 Å². The fourth-order valence-electron chi connectivity index (χ4n) is 2.07. The van der Waals surface area contributed by atoms with Gasteiger partial charge < -0.3 is 0 Å². The highest BCUT2D eigenvalue weighted by atomic mass is 19.1. The van der Waals surface area contributed by atoms with E-state index in [0.717, 1.165) is 11.9 Å². The maximum absolute atomic E-state index is 12.8. The van der Waals surface area contributed by atoms with E-state index in [0.29, 0.717) is 24.6 Å². The summed E-state index contributed by atoms with van der Waals surface area (Å²) in [5.41, 5.74) is 1.36. The summed E-state index contributed by atoms with van der Waals surface area (Å²) in [6.07, 6.45) is 1.11. The van der Waals surface area contributed by atoms with Gasteiger partial charge in [-0.2, -0.15) is 5.10 Å². The molecule has 0 bridgehead atoms. The molecule has 2 aromatic rings. The molecule has 0 saturated heterocycles. The van der Waals surface area contributed by atoms with E-state index in [2.05, 4.69) is 10.1 Å². The number of carbonyl (C=O) groups is 1. The Morgan fingerprint density at radius 2 is 2.17 bits per heavy atom. The Balaban J connectivity index is 1.97. The molecular formula is C12H11FN4O. The number of amides is 1. The van der Waals surface area contributed by atoms with E-state index >= 15 is 0 Å². The van der Waals surface area contributed by atoms with E-state index in [1.807, 2.05) is 6.92 Å². The Kier molecular flexibility index (Phi) is 2.36. The van der Waals surface area contributed by atoms with Crippen LogP contribution in [0.15, 0.2) is 24.4 Å². The summed E-state index contributed by atoms with van der Waals surface area (Å²) in [4.78, 5) is 17.7. The van der Waals surface area contributed by atoms with Crippen LogP contribution in [-0.4, -0.2) is 27.2 Å². The van der Waals surface area contributed by atoms with Crippen LogP contribution in [0.25, 0.3) is 0 Å². The fourth-order valence-corrected chi connectivity index (χ4v) is 2.07. The lowest BCUT2D eigenvalue weighted by atomic mass is 10.2. The summed E-state index contributed by atoms with van der Waals surface area (Å²) in [6.45, 7) is 2.96. The number of hydrogen-bond donors (Lipinski definition) is 0. The van der Waals surface area contributed by atoms with Crippen molar-refractivity contribution in [2.24, 2.45) is 0 Å². The molecular weight excluding hydrogens is 235 g/mol. The van der Waals surface area contributed by atoms with Crippen molar-refractivity contribution >= 4 is 11.7 Å². The number of anilines is 1. The number of nitrogens with zero attached hydrogens (tertiary/aromatic N) is 4. The molecule has 0 unspecified atom stereocenters. The first-order valence-electron chi connectivity index (χ1n) is 5.63. The molecule has 92 valence electrons. The van der Waals surface area contributed by atoms with E-state index < -0.39 is 5.82 Å². The lowest BCUT2D eigenvalue weighted by Crippen LogP contribution is -2.40. The van der Waals surface area contributed by atoms with Gasteiger partial charge in [-0.1, -0.05) is 0 Å². The van der Waals surface area contributed by atoms with Crippen LogP contribution >= 0.6 is 0 Å². The molecule has 2 aromatic heterocycles.